The summed E-state index contributed by atoms with van der Waals surface area (Å²) in [5, 5.41) is 11.9. The Morgan fingerprint density at radius 1 is 1.00 bits per heavy atom. The number of carbonyl (C=O) groups excluding carboxylic acids is 2. The number of carbonyl (C=O) groups is 3. The number of rotatable bonds is 11. The summed E-state index contributed by atoms with van der Waals surface area (Å²) in [6, 6.07) is 17.0. The SMILES string of the molecule is CSCC[C@H](NC(=O)OCc1ccccc1)C(=O)O[C@@H](Cc1ccccc1)C(=O)O. The summed E-state index contributed by atoms with van der Waals surface area (Å²) in [7, 11) is 0. The number of carboxylic acids is 1. The Balaban J connectivity index is 1.96. The lowest BCUT2D eigenvalue weighted by Gasteiger charge is -2.20. The van der Waals surface area contributed by atoms with Crippen molar-refractivity contribution in [1.82, 2.24) is 5.32 Å². The van der Waals surface area contributed by atoms with Crippen LogP contribution in [0.5, 0.6) is 0 Å². The first kappa shape index (κ1) is 23.3. The highest BCUT2D eigenvalue weighted by atomic mass is 32.2. The average Bonchev–Trinajstić information content (AvgIpc) is 2.76. The van der Waals surface area contributed by atoms with Crippen LogP contribution in [0.25, 0.3) is 0 Å². The van der Waals surface area contributed by atoms with Gasteiger partial charge in [-0.1, -0.05) is 60.7 Å². The second kappa shape index (κ2) is 12.5. The average molecular weight is 432 g/mol. The first-order valence-corrected chi connectivity index (χ1v) is 10.8. The van der Waals surface area contributed by atoms with Crippen molar-refractivity contribution in [2.24, 2.45) is 0 Å². The molecular formula is C22H25NO6S. The van der Waals surface area contributed by atoms with Gasteiger partial charge in [0.15, 0.2) is 0 Å². The first-order valence-electron chi connectivity index (χ1n) is 9.43. The number of aliphatic carboxylic acids is 1. The van der Waals surface area contributed by atoms with E-state index in [1.807, 2.05) is 42.7 Å². The van der Waals surface area contributed by atoms with Crippen LogP contribution in [0.3, 0.4) is 0 Å². The summed E-state index contributed by atoms with van der Waals surface area (Å²) < 4.78 is 10.4. The summed E-state index contributed by atoms with van der Waals surface area (Å²) in [6.45, 7) is 0.0583. The van der Waals surface area contributed by atoms with Gasteiger partial charge in [0.1, 0.15) is 12.6 Å². The van der Waals surface area contributed by atoms with E-state index in [0.717, 1.165) is 11.1 Å². The molecule has 160 valence electrons. The fourth-order valence-corrected chi connectivity index (χ4v) is 3.09. The highest BCUT2D eigenvalue weighted by molar-refractivity contribution is 7.98. The predicted molar refractivity (Wildman–Crippen MR) is 114 cm³/mol. The molecule has 1 amide bonds. The van der Waals surface area contributed by atoms with Crippen LogP contribution in [0.2, 0.25) is 0 Å². The van der Waals surface area contributed by atoms with Gasteiger partial charge in [0.05, 0.1) is 0 Å². The summed E-state index contributed by atoms with van der Waals surface area (Å²) in [5.74, 6) is -1.47. The van der Waals surface area contributed by atoms with E-state index in [0.29, 0.717) is 5.75 Å². The molecule has 0 heterocycles. The van der Waals surface area contributed by atoms with E-state index in [2.05, 4.69) is 5.32 Å². The molecule has 0 saturated heterocycles. The van der Waals surface area contributed by atoms with Gasteiger partial charge >= 0.3 is 18.0 Å². The van der Waals surface area contributed by atoms with E-state index >= 15 is 0 Å². The van der Waals surface area contributed by atoms with Gasteiger partial charge in [0, 0.05) is 6.42 Å². The third-order valence-electron chi connectivity index (χ3n) is 4.20. The predicted octanol–water partition coefficient (Wildman–Crippen LogP) is 3.27. The van der Waals surface area contributed by atoms with E-state index in [4.69, 9.17) is 9.47 Å². The number of thioether (sulfide) groups is 1. The number of esters is 1. The van der Waals surface area contributed by atoms with Gasteiger partial charge in [0.2, 0.25) is 6.10 Å². The van der Waals surface area contributed by atoms with Crippen LogP contribution in [-0.4, -0.2) is 47.3 Å². The van der Waals surface area contributed by atoms with Crippen LogP contribution in [0.1, 0.15) is 17.5 Å². The van der Waals surface area contributed by atoms with Crippen molar-refractivity contribution in [3.05, 3.63) is 71.8 Å². The minimum atomic E-state index is -1.35. The highest BCUT2D eigenvalue weighted by Crippen LogP contribution is 2.10. The van der Waals surface area contributed by atoms with E-state index in [1.165, 1.54) is 11.8 Å². The molecule has 2 N–H and O–H groups in total. The third kappa shape index (κ3) is 8.16. The van der Waals surface area contributed by atoms with Crippen LogP contribution in [0.15, 0.2) is 60.7 Å². The molecule has 2 atom stereocenters. The van der Waals surface area contributed by atoms with E-state index < -0.39 is 30.2 Å². The maximum atomic E-state index is 12.6. The summed E-state index contributed by atoms with van der Waals surface area (Å²) in [6.07, 6.45) is 0.0786. The molecule has 7 nitrogen and oxygen atoms in total. The fourth-order valence-electron chi connectivity index (χ4n) is 2.62. The molecule has 2 aromatic rings. The van der Waals surface area contributed by atoms with Gasteiger partial charge < -0.3 is 19.9 Å². The van der Waals surface area contributed by atoms with E-state index in [9.17, 15) is 19.5 Å². The zero-order valence-corrected chi connectivity index (χ0v) is 17.5. The van der Waals surface area contributed by atoms with E-state index in [-0.39, 0.29) is 19.4 Å². The molecule has 0 fully saturated rings. The third-order valence-corrected chi connectivity index (χ3v) is 4.84. The highest BCUT2D eigenvalue weighted by Gasteiger charge is 2.29. The molecule has 0 radical (unpaired) electrons. The van der Waals surface area contributed by atoms with Gasteiger partial charge in [-0.2, -0.15) is 11.8 Å². The van der Waals surface area contributed by atoms with Gasteiger partial charge in [-0.25, -0.2) is 14.4 Å². The Morgan fingerprint density at radius 2 is 1.60 bits per heavy atom. The molecule has 0 saturated carbocycles. The van der Waals surface area contributed by atoms with Crippen LogP contribution >= 0.6 is 11.8 Å². The second-order valence-electron chi connectivity index (χ2n) is 6.49. The number of amides is 1. The van der Waals surface area contributed by atoms with Gasteiger partial charge in [0.25, 0.3) is 0 Å². The molecule has 0 unspecified atom stereocenters. The number of hydrogen-bond donors (Lipinski definition) is 2. The van der Waals surface area contributed by atoms with Crippen molar-refractivity contribution < 1.29 is 29.0 Å². The molecule has 8 heteroatoms. The summed E-state index contributed by atoms with van der Waals surface area (Å²) >= 11 is 1.50. The van der Waals surface area contributed by atoms with Crippen LogP contribution in [-0.2, 0) is 32.1 Å². The lowest BCUT2D eigenvalue weighted by Crippen LogP contribution is -2.45. The Kier molecular flexibility index (Phi) is 9.73. The standard InChI is InChI=1S/C22H25NO6S/c1-30-13-12-18(23-22(27)28-15-17-10-6-3-7-11-17)21(26)29-19(20(24)25)14-16-8-4-2-5-9-16/h2-11,18-19H,12-15H2,1H3,(H,23,27)(H,24,25)/t18-,19-/m0/s1. The quantitative estimate of drug-likeness (QED) is 0.527. The van der Waals surface area contributed by atoms with Crippen molar-refractivity contribution in [3.63, 3.8) is 0 Å². The normalized spacial score (nSPS) is 12.4. The fraction of sp³-hybridized carbons (Fsp3) is 0.318. The zero-order valence-electron chi connectivity index (χ0n) is 16.7. The number of nitrogens with one attached hydrogen (secondary N) is 1. The molecule has 0 aliphatic rings. The Hall–Kier alpha value is -3.00. The maximum Gasteiger partial charge on any atom is 0.408 e. The molecule has 0 aliphatic heterocycles. The molecular weight excluding hydrogens is 406 g/mol. The van der Waals surface area contributed by atoms with Crippen molar-refractivity contribution >= 4 is 29.8 Å². The summed E-state index contributed by atoms with van der Waals surface area (Å²) in [4.78, 5) is 36.3. The number of hydrogen-bond acceptors (Lipinski definition) is 6. The van der Waals surface area contributed by atoms with Crippen LogP contribution < -0.4 is 5.32 Å². The van der Waals surface area contributed by atoms with Crippen molar-refractivity contribution in [2.45, 2.75) is 31.6 Å². The van der Waals surface area contributed by atoms with E-state index in [1.54, 1.807) is 24.3 Å². The first-order chi connectivity index (χ1) is 14.5. The number of benzene rings is 2. The molecule has 2 aromatic carbocycles. The molecule has 0 aliphatic carbocycles. The minimum Gasteiger partial charge on any atom is -0.478 e. The minimum absolute atomic E-state index is 0.0373. The molecule has 2 rings (SSSR count). The Labute approximate surface area is 179 Å². The van der Waals surface area contributed by atoms with Crippen molar-refractivity contribution in [3.8, 4) is 0 Å². The lowest BCUT2D eigenvalue weighted by molar-refractivity contribution is -0.165. The molecule has 0 spiro atoms. The maximum absolute atomic E-state index is 12.6. The largest absolute Gasteiger partial charge is 0.478 e. The number of alkyl carbamates (subject to hydrolysis) is 1. The molecule has 30 heavy (non-hydrogen) atoms. The topological polar surface area (TPSA) is 102 Å². The van der Waals surface area contributed by atoms with Gasteiger partial charge in [-0.3, -0.25) is 0 Å². The monoisotopic (exact) mass is 431 g/mol. The number of carboxylic acid groups (broad SMARTS) is 1. The van der Waals surface area contributed by atoms with Crippen molar-refractivity contribution in [1.29, 1.82) is 0 Å². The second-order valence-corrected chi connectivity index (χ2v) is 7.48. The Morgan fingerprint density at radius 3 is 2.17 bits per heavy atom. The molecule has 0 bridgehead atoms. The van der Waals surface area contributed by atoms with Gasteiger partial charge in [-0.05, 0) is 29.6 Å². The number of ether oxygens (including phenoxy) is 2. The Bertz CT molecular complexity index is 815. The lowest BCUT2D eigenvalue weighted by atomic mass is 10.1. The summed E-state index contributed by atoms with van der Waals surface area (Å²) in [5.41, 5.74) is 1.54. The van der Waals surface area contributed by atoms with Gasteiger partial charge in [-0.15, -0.1) is 0 Å². The zero-order chi connectivity index (χ0) is 21.8. The van der Waals surface area contributed by atoms with Crippen LogP contribution in [0.4, 0.5) is 4.79 Å². The smallest absolute Gasteiger partial charge is 0.408 e. The molecule has 0 aromatic heterocycles. The van der Waals surface area contributed by atoms with Crippen LogP contribution in [0, 0.1) is 0 Å². The van der Waals surface area contributed by atoms with Crippen molar-refractivity contribution in [2.75, 3.05) is 12.0 Å².